The molecule has 1 aromatic rings. The van der Waals surface area contributed by atoms with Gasteiger partial charge >= 0.3 is 0 Å². The highest BCUT2D eigenvalue weighted by Gasteiger charge is 2.26. The van der Waals surface area contributed by atoms with E-state index >= 15 is 0 Å². The largest absolute Gasteiger partial charge is 0.381 e. The van der Waals surface area contributed by atoms with Crippen molar-refractivity contribution >= 4 is 29.9 Å². The molecule has 0 bridgehead atoms. The van der Waals surface area contributed by atoms with Crippen LogP contribution in [0, 0.1) is 5.92 Å². The van der Waals surface area contributed by atoms with Gasteiger partial charge in [-0.3, -0.25) is 4.79 Å². The molecule has 0 radical (unpaired) electrons. The smallest absolute Gasteiger partial charge is 0.237 e. The fourth-order valence-corrected chi connectivity index (χ4v) is 2.69. The molecular formula is C16H24Cl2N2O2. The van der Waals surface area contributed by atoms with Crippen molar-refractivity contribution in [2.24, 2.45) is 11.7 Å². The summed E-state index contributed by atoms with van der Waals surface area (Å²) in [6, 6.07) is 7.38. The summed E-state index contributed by atoms with van der Waals surface area (Å²) < 4.78 is 5.29. The van der Waals surface area contributed by atoms with Gasteiger partial charge in [0.25, 0.3) is 0 Å². The van der Waals surface area contributed by atoms with Gasteiger partial charge in [-0.1, -0.05) is 23.7 Å². The van der Waals surface area contributed by atoms with Gasteiger partial charge in [0.2, 0.25) is 5.91 Å². The number of halogens is 2. The lowest BCUT2D eigenvalue weighted by molar-refractivity contribution is -0.124. The van der Waals surface area contributed by atoms with Crippen molar-refractivity contribution in [3.05, 3.63) is 34.9 Å². The predicted molar refractivity (Wildman–Crippen MR) is 91.5 cm³/mol. The SMILES string of the molecule is Cl.NC(C(=O)NCCCc1ccc(Cl)cc1)C1CCOCC1. The van der Waals surface area contributed by atoms with Gasteiger partial charge in [-0.15, -0.1) is 12.4 Å². The van der Waals surface area contributed by atoms with Crippen LogP contribution in [0.2, 0.25) is 5.02 Å². The Kier molecular flexibility index (Phi) is 8.79. The molecule has 3 N–H and O–H groups in total. The number of hydrogen-bond acceptors (Lipinski definition) is 3. The summed E-state index contributed by atoms with van der Waals surface area (Å²) in [5.41, 5.74) is 7.24. The molecule has 1 unspecified atom stereocenters. The second-order valence-corrected chi connectivity index (χ2v) is 5.93. The zero-order valence-electron chi connectivity index (χ0n) is 12.6. The van der Waals surface area contributed by atoms with E-state index in [-0.39, 0.29) is 24.2 Å². The van der Waals surface area contributed by atoms with Crippen molar-refractivity contribution in [2.75, 3.05) is 19.8 Å². The van der Waals surface area contributed by atoms with Crippen LogP contribution >= 0.6 is 24.0 Å². The molecule has 2 rings (SSSR count). The standard InChI is InChI=1S/C16H23ClN2O2.ClH/c17-14-5-3-12(4-6-14)2-1-9-19-16(20)15(18)13-7-10-21-11-8-13;/h3-6,13,15H,1-2,7-11,18H2,(H,19,20);1H. The average molecular weight is 347 g/mol. The molecule has 0 saturated carbocycles. The van der Waals surface area contributed by atoms with Crippen molar-refractivity contribution in [2.45, 2.75) is 31.7 Å². The summed E-state index contributed by atoms with van der Waals surface area (Å²) in [7, 11) is 0. The van der Waals surface area contributed by atoms with Crippen LogP contribution in [0.3, 0.4) is 0 Å². The number of hydrogen-bond donors (Lipinski definition) is 2. The van der Waals surface area contributed by atoms with E-state index < -0.39 is 6.04 Å². The van der Waals surface area contributed by atoms with Gasteiger partial charge in [-0.2, -0.15) is 0 Å². The van der Waals surface area contributed by atoms with Gasteiger partial charge in [0.05, 0.1) is 6.04 Å². The van der Waals surface area contributed by atoms with E-state index in [0.29, 0.717) is 19.8 Å². The van der Waals surface area contributed by atoms with Crippen LogP contribution < -0.4 is 11.1 Å². The van der Waals surface area contributed by atoms with Gasteiger partial charge in [-0.05, 0) is 49.3 Å². The minimum absolute atomic E-state index is 0. The van der Waals surface area contributed by atoms with E-state index in [4.69, 9.17) is 22.1 Å². The molecule has 1 aliphatic rings. The van der Waals surface area contributed by atoms with Gasteiger partial charge in [-0.25, -0.2) is 0 Å². The van der Waals surface area contributed by atoms with Crippen molar-refractivity contribution in [1.82, 2.24) is 5.32 Å². The summed E-state index contributed by atoms with van der Waals surface area (Å²) in [6.45, 7) is 2.07. The highest BCUT2D eigenvalue weighted by molar-refractivity contribution is 6.30. The van der Waals surface area contributed by atoms with E-state index in [2.05, 4.69) is 5.32 Å². The first-order chi connectivity index (χ1) is 10.2. The maximum Gasteiger partial charge on any atom is 0.237 e. The number of nitrogens with two attached hydrogens (primary N) is 1. The number of benzene rings is 1. The third-order valence-electron chi connectivity index (χ3n) is 3.93. The number of ether oxygens (including phenoxy) is 1. The van der Waals surface area contributed by atoms with Crippen molar-refractivity contribution in [3.8, 4) is 0 Å². The Hall–Kier alpha value is -0.810. The van der Waals surface area contributed by atoms with Crippen molar-refractivity contribution in [1.29, 1.82) is 0 Å². The highest BCUT2D eigenvalue weighted by atomic mass is 35.5. The van der Waals surface area contributed by atoms with Gasteiger partial charge in [0.1, 0.15) is 0 Å². The molecule has 6 heteroatoms. The molecule has 124 valence electrons. The third kappa shape index (κ3) is 6.13. The molecule has 1 aliphatic heterocycles. The summed E-state index contributed by atoms with van der Waals surface area (Å²) in [4.78, 5) is 12.0. The van der Waals surface area contributed by atoms with Gasteiger partial charge < -0.3 is 15.8 Å². The van der Waals surface area contributed by atoms with E-state index in [9.17, 15) is 4.79 Å². The highest BCUT2D eigenvalue weighted by Crippen LogP contribution is 2.17. The van der Waals surface area contributed by atoms with Crippen LogP contribution in [0.25, 0.3) is 0 Å². The topological polar surface area (TPSA) is 64.4 Å². The van der Waals surface area contributed by atoms with Crippen molar-refractivity contribution < 1.29 is 9.53 Å². The van der Waals surface area contributed by atoms with E-state index in [1.807, 2.05) is 24.3 Å². The van der Waals surface area contributed by atoms with Crippen LogP contribution in [0.5, 0.6) is 0 Å². The molecular weight excluding hydrogens is 323 g/mol. The lowest BCUT2D eigenvalue weighted by Crippen LogP contribution is -2.47. The fraction of sp³-hybridized carbons (Fsp3) is 0.562. The van der Waals surface area contributed by atoms with Gasteiger partial charge in [0.15, 0.2) is 0 Å². The Balaban J connectivity index is 0.00000242. The number of amides is 1. The first kappa shape index (κ1) is 19.2. The minimum atomic E-state index is -0.413. The number of nitrogens with one attached hydrogen (secondary N) is 1. The summed E-state index contributed by atoms with van der Waals surface area (Å²) in [5, 5.41) is 3.68. The summed E-state index contributed by atoms with van der Waals surface area (Å²) in [5.74, 6) is 0.202. The van der Waals surface area contributed by atoms with Gasteiger partial charge in [0, 0.05) is 24.8 Å². The molecule has 0 aliphatic carbocycles. The second kappa shape index (κ2) is 10.1. The number of aryl methyl sites for hydroxylation is 1. The van der Waals surface area contributed by atoms with E-state index in [0.717, 1.165) is 30.7 Å². The summed E-state index contributed by atoms with van der Waals surface area (Å²) in [6.07, 6.45) is 3.57. The first-order valence-electron chi connectivity index (χ1n) is 7.52. The second-order valence-electron chi connectivity index (χ2n) is 5.50. The zero-order valence-corrected chi connectivity index (χ0v) is 14.2. The molecule has 1 saturated heterocycles. The lowest BCUT2D eigenvalue weighted by Gasteiger charge is -2.26. The Bertz CT molecular complexity index is 448. The Labute approximate surface area is 143 Å². The average Bonchev–Trinajstić information content (AvgIpc) is 2.53. The molecule has 22 heavy (non-hydrogen) atoms. The molecule has 4 nitrogen and oxygen atoms in total. The molecule has 1 atom stereocenters. The van der Waals surface area contributed by atoms with E-state index in [1.54, 1.807) is 0 Å². The Morgan fingerprint density at radius 1 is 1.32 bits per heavy atom. The summed E-state index contributed by atoms with van der Waals surface area (Å²) >= 11 is 5.84. The number of rotatable bonds is 6. The van der Waals surface area contributed by atoms with Crippen LogP contribution in [0.4, 0.5) is 0 Å². The normalized spacial score (nSPS) is 16.6. The predicted octanol–water partition coefficient (Wildman–Crippen LogP) is 2.56. The third-order valence-corrected chi connectivity index (χ3v) is 4.18. The zero-order chi connectivity index (χ0) is 15.1. The Morgan fingerprint density at radius 3 is 2.59 bits per heavy atom. The van der Waals surface area contributed by atoms with Crippen LogP contribution in [0.1, 0.15) is 24.8 Å². The number of carbonyl (C=O) groups excluding carboxylic acids is 1. The Morgan fingerprint density at radius 2 is 1.95 bits per heavy atom. The molecule has 1 heterocycles. The monoisotopic (exact) mass is 346 g/mol. The fourth-order valence-electron chi connectivity index (χ4n) is 2.56. The quantitative estimate of drug-likeness (QED) is 0.778. The molecule has 1 amide bonds. The minimum Gasteiger partial charge on any atom is -0.381 e. The molecule has 0 aromatic heterocycles. The number of carbonyl (C=O) groups is 1. The van der Waals surface area contributed by atoms with Crippen LogP contribution in [-0.4, -0.2) is 31.7 Å². The molecule has 1 fully saturated rings. The van der Waals surface area contributed by atoms with E-state index in [1.165, 1.54) is 5.56 Å². The lowest BCUT2D eigenvalue weighted by atomic mass is 9.92. The van der Waals surface area contributed by atoms with Crippen molar-refractivity contribution in [3.63, 3.8) is 0 Å². The maximum absolute atomic E-state index is 12.0. The maximum atomic E-state index is 12.0. The first-order valence-corrected chi connectivity index (χ1v) is 7.90. The van der Waals surface area contributed by atoms with Crippen LogP contribution in [0.15, 0.2) is 24.3 Å². The molecule has 1 aromatic carbocycles. The molecule has 0 spiro atoms. The van der Waals surface area contributed by atoms with Crippen LogP contribution in [-0.2, 0) is 16.0 Å².